The van der Waals surface area contributed by atoms with Crippen molar-refractivity contribution in [1.82, 2.24) is 4.98 Å². The highest BCUT2D eigenvalue weighted by Crippen LogP contribution is 2.45. The minimum absolute atomic E-state index is 0.0662. The summed E-state index contributed by atoms with van der Waals surface area (Å²) in [6, 6.07) is 27.5. The summed E-state index contributed by atoms with van der Waals surface area (Å²) in [5.74, 6) is -0.722. The van der Waals surface area contributed by atoms with E-state index >= 15 is 0 Å². The molecule has 0 aliphatic heterocycles. The molecule has 3 aromatic carbocycles. The van der Waals surface area contributed by atoms with Crippen LogP contribution < -0.4 is 0 Å². The summed E-state index contributed by atoms with van der Waals surface area (Å²) in [4.78, 5) is 16.8. The minimum Gasteiger partial charge on any atom is -0.446 e. The first-order chi connectivity index (χ1) is 17.3. The maximum Gasteiger partial charge on any atom is 0.416 e. The van der Waals surface area contributed by atoms with Crippen molar-refractivity contribution in [3.63, 3.8) is 0 Å². The zero-order chi connectivity index (χ0) is 25.8. The second kappa shape index (κ2) is 10.0. The molecule has 4 aromatic rings. The van der Waals surface area contributed by atoms with Crippen LogP contribution in [0.1, 0.15) is 43.9 Å². The van der Waals surface area contributed by atoms with E-state index < -0.39 is 29.7 Å². The maximum absolute atomic E-state index is 13.4. The number of nitrogens with zero attached hydrogens (tertiary/aromatic N) is 2. The molecule has 0 radical (unpaired) electrons. The lowest BCUT2D eigenvalue weighted by Gasteiger charge is -2.37. The highest BCUT2D eigenvalue weighted by molar-refractivity contribution is 5.89. The number of esters is 1. The Morgan fingerprint density at radius 3 is 1.81 bits per heavy atom. The van der Waals surface area contributed by atoms with E-state index in [1.54, 1.807) is 19.1 Å². The van der Waals surface area contributed by atoms with Crippen LogP contribution in [0.4, 0.5) is 13.2 Å². The summed E-state index contributed by atoms with van der Waals surface area (Å²) in [7, 11) is 0. The molecular formula is C29H21F3N2O2. The Labute approximate surface area is 206 Å². The third-order valence-corrected chi connectivity index (χ3v) is 6.03. The quantitative estimate of drug-likeness (QED) is 0.231. The lowest BCUT2D eigenvalue weighted by atomic mass is 9.65. The number of carbonyl (C=O) groups excluding carboxylic acids is 1. The number of nitriles is 1. The van der Waals surface area contributed by atoms with Crippen LogP contribution in [0.2, 0.25) is 0 Å². The predicted molar refractivity (Wildman–Crippen MR) is 128 cm³/mol. The Morgan fingerprint density at radius 2 is 1.33 bits per heavy atom. The van der Waals surface area contributed by atoms with Gasteiger partial charge in [0.15, 0.2) is 12.3 Å². The van der Waals surface area contributed by atoms with E-state index in [0.29, 0.717) is 16.7 Å². The van der Waals surface area contributed by atoms with Gasteiger partial charge in [-0.1, -0.05) is 78.9 Å². The average molecular weight is 486 g/mol. The van der Waals surface area contributed by atoms with Crippen LogP contribution in [0, 0.1) is 18.3 Å². The standard InChI is InChI=1S/C29H21F3N2O2/c1-20-18-25(19-34-26(20)27(35)36-17-16-33)28(21-8-4-2-5-9-21,22-10-6-3-7-11-22)23-12-14-24(15-13-23)29(30,31)32/h2-15,18-19H,17H2,1H3. The Balaban J connectivity index is 2.01. The van der Waals surface area contributed by atoms with Crippen LogP contribution in [0.15, 0.2) is 97.2 Å². The number of ether oxygens (including phenoxy) is 1. The molecule has 1 aromatic heterocycles. The van der Waals surface area contributed by atoms with Crippen molar-refractivity contribution < 1.29 is 22.7 Å². The first-order valence-corrected chi connectivity index (χ1v) is 11.1. The number of rotatable bonds is 6. The van der Waals surface area contributed by atoms with Crippen molar-refractivity contribution in [3.8, 4) is 6.07 Å². The number of aryl methyl sites for hydroxylation is 1. The molecule has 4 nitrogen and oxygen atoms in total. The van der Waals surface area contributed by atoms with E-state index in [2.05, 4.69) is 4.98 Å². The molecule has 36 heavy (non-hydrogen) atoms. The van der Waals surface area contributed by atoms with Crippen molar-refractivity contribution in [2.75, 3.05) is 6.61 Å². The summed E-state index contributed by atoms with van der Waals surface area (Å²) in [6.45, 7) is 1.30. The van der Waals surface area contributed by atoms with E-state index in [1.165, 1.54) is 18.3 Å². The third kappa shape index (κ3) is 4.58. The molecule has 0 saturated carbocycles. The van der Waals surface area contributed by atoms with Crippen molar-refractivity contribution in [2.24, 2.45) is 0 Å². The number of hydrogen-bond acceptors (Lipinski definition) is 4. The third-order valence-electron chi connectivity index (χ3n) is 6.03. The molecule has 0 unspecified atom stereocenters. The fourth-order valence-corrected chi connectivity index (χ4v) is 4.45. The van der Waals surface area contributed by atoms with E-state index in [0.717, 1.165) is 23.3 Å². The van der Waals surface area contributed by atoms with Crippen molar-refractivity contribution in [3.05, 3.63) is 136 Å². The molecule has 0 amide bonds. The maximum atomic E-state index is 13.4. The first kappa shape index (κ1) is 24.7. The van der Waals surface area contributed by atoms with Crippen molar-refractivity contribution in [1.29, 1.82) is 5.26 Å². The minimum atomic E-state index is -4.47. The molecule has 0 atom stereocenters. The Kier molecular flexibility index (Phi) is 6.89. The van der Waals surface area contributed by atoms with Crippen LogP contribution in [0.25, 0.3) is 0 Å². The van der Waals surface area contributed by atoms with Gasteiger partial charge >= 0.3 is 12.1 Å². The Hall–Kier alpha value is -4.44. The summed E-state index contributed by atoms with van der Waals surface area (Å²) < 4.78 is 45.0. The van der Waals surface area contributed by atoms with E-state index in [4.69, 9.17) is 10.00 Å². The van der Waals surface area contributed by atoms with Gasteiger partial charge in [0.1, 0.15) is 6.07 Å². The molecule has 1 heterocycles. The van der Waals surface area contributed by atoms with Crippen LogP contribution in [-0.2, 0) is 16.3 Å². The Bertz CT molecular complexity index is 1360. The zero-order valence-corrected chi connectivity index (χ0v) is 19.3. The van der Waals surface area contributed by atoms with Gasteiger partial charge in [0, 0.05) is 6.20 Å². The van der Waals surface area contributed by atoms with Crippen molar-refractivity contribution >= 4 is 5.97 Å². The highest BCUT2D eigenvalue weighted by atomic mass is 19.4. The molecule has 0 bridgehead atoms. The lowest BCUT2D eigenvalue weighted by molar-refractivity contribution is -0.137. The van der Waals surface area contributed by atoms with Gasteiger partial charge in [-0.3, -0.25) is 0 Å². The SMILES string of the molecule is Cc1cc(C(c2ccccc2)(c2ccccc2)c2ccc(C(F)(F)F)cc2)cnc1C(=O)OCC#N. The fraction of sp³-hybridized carbons (Fsp3) is 0.138. The van der Waals surface area contributed by atoms with Gasteiger partial charge in [0.05, 0.1) is 11.0 Å². The predicted octanol–water partition coefficient (Wildman–Crippen LogP) is 6.47. The van der Waals surface area contributed by atoms with Crippen LogP contribution in [-0.4, -0.2) is 17.6 Å². The molecule has 0 saturated heterocycles. The van der Waals surface area contributed by atoms with E-state index in [1.807, 2.05) is 60.7 Å². The molecular weight excluding hydrogens is 465 g/mol. The summed E-state index contributed by atoms with van der Waals surface area (Å²) >= 11 is 0. The van der Waals surface area contributed by atoms with Gasteiger partial charge in [-0.05, 0) is 46.9 Å². The lowest BCUT2D eigenvalue weighted by Crippen LogP contribution is -2.31. The molecule has 0 aliphatic carbocycles. The number of benzene rings is 3. The largest absolute Gasteiger partial charge is 0.446 e. The van der Waals surface area contributed by atoms with Gasteiger partial charge in [-0.15, -0.1) is 0 Å². The van der Waals surface area contributed by atoms with Gasteiger partial charge in [-0.25, -0.2) is 9.78 Å². The van der Waals surface area contributed by atoms with Crippen LogP contribution in [0.3, 0.4) is 0 Å². The molecule has 4 rings (SSSR count). The topological polar surface area (TPSA) is 63.0 Å². The Morgan fingerprint density at radius 1 is 0.833 bits per heavy atom. The van der Waals surface area contributed by atoms with Gasteiger partial charge < -0.3 is 4.74 Å². The number of halogens is 3. The average Bonchev–Trinajstić information content (AvgIpc) is 2.89. The smallest absolute Gasteiger partial charge is 0.416 e. The van der Waals surface area contributed by atoms with E-state index in [9.17, 15) is 18.0 Å². The summed E-state index contributed by atoms with van der Waals surface area (Å²) in [5.41, 5.74) is 1.71. The molecule has 180 valence electrons. The number of hydrogen-bond donors (Lipinski definition) is 0. The zero-order valence-electron chi connectivity index (χ0n) is 19.3. The van der Waals surface area contributed by atoms with Gasteiger partial charge in [-0.2, -0.15) is 18.4 Å². The molecule has 0 N–H and O–H groups in total. The van der Waals surface area contributed by atoms with Crippen LogP contribution >= 0.6 is 0 Å². The fourth-order valence-electron chi connectivity index (χ4n) is 4.45. The second-order valence-corrected chi connectivity index (χ2v) is 8.18. The molecule has 0 fully saturated rings. The summed E-state index contributed by atoms with van der Waals surface area (Å²) in [6.07, 6.45) is -2.93. The number of alkyl halides is 3. The van der Waals surface area contributed by atoms with Crippen molar-refractivity contribution in [2.45, 2.75) is 18.5 Å². The summed E-state index contributed by atoms with van der Waals surface area (Å²) in [5, 5.41) is 8.71. The number of aromatic nitrogens is 1. The molecule has 0 spiro atoms. The van der Waals surface area contributed by atoms with Gasteiger partial charge in [0.25, 0.3) is 0 Å². The highest BCUT2D eigenvalue weighted by Gasteiger charge is 2.40. The second-order valence-electron chi connectivity index (χ2n) is 8.18. The molecule has 7 heteroatoms. The first-order valence-electron chi connectivity index (χ1n) is 11.1. The normalized spacial score (nSPS) is 11.5. The monoisotopic (exact) mass is 486 g/mol. The van der Waals surface area contributed by atoms with Crippen LogP contribution in [0.5, 0.6) is 0 Å². The number of pyridine rings is 1. The van der Waals surface area contributed by atoms with Gasteiger partial charge in [0.2, 0.25) is 0 Å². The number of carbonyl (C=O) groups is 1. The van der Waals surface area contributed by atoms with E-state index in [-0.39, 0.29) is 5.69 Å². The molecule has 0 aliphatic rings.